The van der Waals surface area contributed by atoms with Crippen molar-refractivity contribution >= 4 is 56.6 Å². The lowest BCUT2D eigenvalue weighted by atomic mass is 9.98. The molecule has 2 heterocycles. The molecule has 37 heavy (non-hydrogen) atoms. The van der Waals surface area contributed by atoms with Crippen molar-refractivity contribution in [3.8, 4) is 0 Å². The Bertz CT molecular complexity index is 1380. The number of halogens is 3. The van der Waals surface area contributed by atoms with Crippen LogP contribution in [-0.2, 0) is 26.0 Å². The molecule has 0 bridgehead atoms. The Morgan fingerprint density at radius 2 is 1.68 bits per heavy atom. The second-order valence-corrected chi connectivity index (χ2v) is 12.6. The Labute approximate surface area is 232 Å². The number of rotatable bonds is 6. The van der Waals surface area contributed by atoms with Gasteiger partial charge in [0, 0.05) is 28.7 Å². The van der Waals surface area contributed by atoms with Gasteiger partial charge in [-0.15, -0.1) is 0 Å². The number of nitrogens with zero attached hydrogens (tertiary/aromatic N) is 4. The molecule has 0 aromatic heterocycles. The molecule has 2 amide bonds. The third-order valence-electron chi connectivity index (χ3n) is 6.43. The number of hydrogen-bond donors (Lipinski definition) is 0. The largest absolute Gasteiger partial charge is 0.311 e. The monoisotopic (exact) mass is 584 g/mol. The summed E-state index contributed by atoms with van der Waals surface area (Å²) < 4.78 is 29.1. The molecule has 2 atom stereocenters. The van der Waals surface area contributed by atoms with E-state index in [9.17, 15) is 18.0 Å². The molecule has 2 aromatic carbocycles. The minimum Gasteiger partial charge on any atom is -0.311 e. The van der Waals surface area contributed by atoms with Crippen molar-refractivity contribution in [3.05, 3.63) is 75.1 Å². The van der Waals surface area contributed by atoms with Gasteiger partial charge in [-0.05, 0) is 63.8 Å². The average Bonchev–Trinajstić information content (AvgIpc) is 2.80. The van der Waals surface area contributed by atoms with Gasteiger partial charge in [0.25, 0.3) is 10.0 Å². The molecule has 0 saturated carbocycles. The van der Waals surface area contributed by atoms with E-state index in [4.69, 9.17) is 34.8 Å². The highest BCUT2D eigenvalue weighted by Crippen LogP contribution is 2.37. The maximum absolute atomic E-state index is 14.0. The fraction of sp³-hybridized carbons (Fsp3) is 0.360. The highest BCUT2D eigenvalue weighted by molar-refractivity contribution is 7.89. The number of fused-ring (bicyclic) bond motifs is 1. The van der Waals surface area contributed by atoms with E-state index in [0.717, 1.165) is 9.87 Å². The summed E-state index contributed by atoms with van der Waals surface area (Å²) in [5.74, 6) is -0.587. The van der Waals surface area contributed by atoms with E-state index >= 15 is 0 Å². The fourth-order valence-electron chi connectivity index (χ4n) is 4.51. The summed E-state index contributed by atoms with van der Waals surface area (Å²) in [6.45, 7) is 3.49. The number of carbonyl (C=O) groups is 2. The van der Waals surface area contributed by atoms with Crippen LogP contribution in [0.5, 0.6) is 0 Å². The van der Waals surface area contributed by atoms with E-state index in [1.165, 1.54) is 34.2 Å². The van der Waals surface area contributed by atoms with Gasteiger partial charge in [0.15, 0.2) is 0 Å². The molecule has 0 aliphatic carbocycles. The van der Waals surface area contributed by atoms with Crippen LogP contribution < -0.4 is 0 Å². The lowest BCUT2D eigenvalue weighted by molar-refractivity contribution is -0.152. The Morgan fingerprint density at radius 1 is 1.00 bits per heavy atom. The maximum atomic E-state index is 14.0. The van der Waals surface area contributed by atoms with E-state index in [0.29, 0.717) is 10.0 Å². The first-order valence-corrected chi connectivity index (χ1v) is 14.2. The lowest BCUT2D eigenvalue weighted by Gasteiger charge is -2.49. The number of carbonyl (C=O) groups excluding carboxylic acids is 2. The minimum atomic E-state index is -4.24. The number of likely N-dealkylation sites (N-methyl/N-ethyl adjacent to an activating group) is 1. The van der Waals surface area contributed by atoms with Crippen LogP contribution in [0.4, 0.5) is 0 Å². The maximum Gasteiger partial charge on any atom is 0.267 e. The topological polar surface area (TPSA) is 81.2 Å². The van der Waals surface area contributed by atoms with Crippen LogP contribution >= 0.6 is 34.8 Å². The van der Waals surface area contributed by atoms with Crippen LogP contribution in [0.15, 0.2) is 59.4 Å². The second kappa shape index (κ2) is 10.5. The molecule has 1 saturated heterocycles. The SMILES string of the molecule is CC(C)N1C=C2N(C(=O)C(N(C)C)CN2S(=O)(=O)c2ccc(Cl)cc2Cl)C(Cc2cccc(Cl)c2)C1=O. The van der Waals surface area contributed by atoms with Gasteiger partial charge in [-0.2, -0.15) is 0 Å². The zero-order valence-corrected chi connectivity index (χ0v) is 23.8. The smallest absolute Gasteiger partial charge is 0.267 e. The second-order valence-electron chi connectivity index (χ2n) is 9.47. The summed E-state index contributed by atoms with van der Waals surface area (Å²) in [5.41, 5.74) is 0.741. The number of hydrogen-bond acceptors (Lipinski definition) is 5. The molecule has 12 heteroatoms. The van der Waals surface area contributed by atoms with Gasteiger partial charge in [0.1, 0.15) is 22.8 Å². The van der Waals surface area contributed by atoms with Crippen molar-refractivity contribution in [1.29, 1.82) is 0 Å². The van der Waals surface area contributed by atoms with Gasteiger partial charge in [-0.3, -0.25) is 19.4 Å². The van der Waals surface area contributed by atoms with Gasteiger partial charge >= 0.3 is 0 Å². The molecule has 2 aromatic rings. The Hall–Kier alpha value is -2.30. The molecule has 2 unspecified atom stereocenters. The van der Waals surface area contributed by atoms with Crippen molar-refractivity contribution in [2.24, 2.45) is 0 Å². The Kier molecular flexibility index (Phi) is 7.84. The summed E-state index contributed by atoms with van der Waals surface area (Å²) in [5, 5.41) is 0.747. The van der Waals surface area contributed by atoms with Crippen LogP contribution in [0, 0.1) is 0 Å². The van der Waals surface area contributed by atoms with Crippen LogP contribution in [0.25, 0.3) is 0 Å². The molecule has 0 spiro atoms. The molecule has 4 rings (SSSR count). The van der Waals surface area contributed by atoms with Gasteiger partial charge in [0.2, 0.25) is 11.8 Å². The summed E-state index contributed by atoms with van der Waals surface area (Å²) in [6.07, 6.45) is 1.59. The first-order valence-electron chi connectivity index (χ1n) is 11.6. The zero-order chi connectivity index (χ0) is 27.2. The summed E-state index contributed by atoms with van der Waals surface area (Å²) >= 11 is 18.5. The van der Waals surface area contributed by atoms with Crippen molar-refractivity contribution in [2.45, 2.75) is 43.3 Å². The van der Waals surface area contributed by atoms with Crippen LogP contribution in [0.3, 0.4) is 0 Å². The first-order chi connectivity index (χ1) is 17.3. The number of benzene rings is 2. The predicted octanol–water partition coefficient (Wildman–Crippen LogP) is 4.07. The number of sulfonamides is 1. The molecule has 0 N–H and O–H groups in total. The Balaban J connectivity index is 1.90. The van der Waals surface area contributed by atoms with Gasteiger partial charge < -0.3 is 4.90 Å². The average molecular weight is 586 g/mol. The number of amides is 2. The summed E-state index contributed by atoms with van der Waals surface area (Å²) in [6, 6.07) is 9.07. The van der Waals surface area contributed by atoms with Crippen molar-refractivity contribution < 1.29 is 18.0 Å². The highest BCUT2D eigenvalue weighted by Gasteiger charge is 2.50. The molecule has 2 aliphatic heterocycles. The quantitative estimate of drug-likeness (QED) is 0.511. The van der Waals surface area contributed by atoms with Crippen molar-refractivity contribution in [1.82, 2.24) is 19.0 Å². The Morgan fingerprint density at radius 3 is 2.27 bits per heavy atom. The lowest BCUT2D eigenvalue weighted by Crippen LogP contribution is -2.67. The molecular weight excluding hydrogens is 559 g/mol. The molecule has 8 nitrogen and oxygen atoms in total. The van der Waals surface area contributed by atoms with Gasteiger partial charge in [-0.1, -0.05) is 46.9 Å². The van der Waals surface area contributed by atoms with Gasteiger partial charge in [0.05, 0.1) is 11.6 Å². The van der Waals surface area contributed by atoms with E-state index in [1.807, 2.05) is 19.9 Å². The normalized spacial score (nSPS) is 20.6. The predicted molar refractivity (Wildman–Crippen MR) is 144 cm³/mol. The highest BCUT2D eigenvalue weighted by atomic mass is 35.5. The molecular formula is C25H27Cl3N4O4S. The molecule has 0 radical (unpaired) electrons. The summed E-state index contributed by atoms with van der Waals surface area (Å²) in [7, 11) is -0.865. The van der Waals surface area contributed by atoms with Crippen molar-refractivity contribution in [3.63, 3.8) is 0 Å². The van der Waals surface area contributed by atoms with E-state index in [1.54, 1.807) is 37.2 Å². The third kappa shape index (κ3) is 5.20. The third-order valence-corrected chi connectivity index (χ3v) is 9.15. The van der Waals surface area contributed by atoms with E-state index in [-0.39, 0.29) is 46.6 Å². The van der Waals surface area contributed by atoms with E-state index < -0.39 is 22.1 Å². The minimum absolute atomic E-state index is 0.0407. The van der Waals surface area contributed by atoms with Crippen LogP contribution in [0.1, 0.15) is 19.4 Å². The standard InChI is InChI=1S/C25H27Cl3N4O4S/c1-15(2)30-14-23-31(37(35,36)22-9-8-18(27)12-19(22)28)13-21(29(3)4)25(34)32(23)20(24(30)33)11-16-6-5-7-17(26)10-16/h5-10,12,14-15,20-21H,11,13H2,1-4H3. The van der Waals surface area contributed by atoms with Crippen LogP contribution in [-0.4, -0.2) is 78.0 Å². The zero-order valence-electron chi connectivity index (χ0n) is 20.7. The van der Waals surface area contributed by atoms with Gasteiger partial charge in [-0.25, -0.2) is 12.7 Å². The van der Waals surface area contributed by atoms with E-state index in [2.05, 4.69) is 0 Å². The first kappa shape index (κ1) is 27.7. The molecule has 1 fully saturated rings. The molecule has 198 valence electrons. The van der Waals surface area contributed by atoms with Crippen LogP contribution in [0.2, 0.25) is 15.1 Å². The fourth-order valence-corrected chi connectivity index (χ4v) is 6.93. The summed E-state index contributed by atoms with van der Waals surface area (Å²) in [4.78, 5) is 31.7. The van der Waals surface area contributed by atoms with Crippen molar-refractivity contribution in [2.75, 3.05) is 20.6 Å². The molecule has 2 aliphatic rings.